The zero-order valence-corrected chi connectivity index (χ0v) is 14.7. The summed E-state index contributed by atoms with van der Waals surface area (Å²) in [4.78, 5) is 6.77. The fourth-order valence-corrected chi connectivity index (χ4v) is 3.51. The highest BCUT2D eigenvalue weighted by Gasteiger charge is 2.24. The number of methoxy groups -OCH3 is 1. The number of imidazole rings is 1. The van der Waals surface area contributed by atoms with E-state index in [4.69, 9.17) is 10.00 Å². The lowest BCUT2D eigenvalue weighted by molar-refractivity contribution is 0.414. The Bertz CT molecular complexity index is 958. The van der Waals surface area contributed by atoms with Crippen LogP contribution in [0.4, 0.5) is 5.69 Å². The summed E-state index contributed by atoms with van der Waals surface area (Å²) < 4.78 is 7.47. The van der Waals surface area contributed by atoms with E-state index in [1.165, 1.54) is 0 Å². The SMILES string of the molecule is COc1ccccc1N1CC[C@H](NCc2cnc3ccc(C#N)cn23)C1. The van der Waals surface area contributed by atoms with Crippen molar-refractivity contribution in [2.24, 2.45) is 0 Å². The molecule has 0 unspecified atom stereocenters. The minimum atomic E-state index is 0.407. The van der Waals surface area contributed by atoms with Crippen molar-refractivity contribution in [1.82, 2.24) is 14.7 Å². The maximum Gasteiger partial charge on any atom is 0.142 e. The highest BCUT2D eigenvalue weighted by Crippen LogP contribution is 2.30. The standard InChI is InChI=1S/C20H21N5O/c1-26-19-5-3-2-4-18(19)24-9-8-16(14-24)22-11-17-12-23-20-7-6-15(10-21)13-25(17)20/h2-7,12-13,16,22H,8-9,11,14H2,1H3/t16-/m0/s1. The molecule has 6 nitrogen and oxygen atoms in total. The van der Waals surface area contributed by atoms with Gasteiger partial charge < -0.3 is 19.4 Å². The average molecular weight is 347 g/mol. The van der Waals surface area contributed by atoms with Gasteiger partial charge in [0.15, 0.2) is 0 Å². The van der Waals surface area contributed by atoms with Gasteiger partial charge >= 0.3 is 0 Å². The summed E-state index contributed by atoms with van der Waals surface area (Å²) in [6.45, 7) is 2.67. The smallest absolute Gasteiger partial charge is 0.142 e. The van der Waals surface area contributed by atoms with Crippen LogP contribution in [0, 0.1) is 11.3 Å². The van der Waals surface area contributed by atoms with E-state index in [0.29, 0.717) is 11.6 Å². The summed E-state index contributed by atoms with van der Waals surface area (Å²) in [5.41, 5.74) is 3.71. The first-order chi connectivity index (χ1) is 12.8. The van der Waals surface area contributed by atoms with Crippen LogP contribution in [0.3, 0.4) is 0 Å². The Balaban J connectivity index is 1.43. The first-order valence-electron chi connectivity index (χ1n) is 8.76. The predicted octanol–water partition coefficient (Wildman–Crippen LogP) is 2.58. The van der Waals surface area contributed by atoms with Crippen molar-refractivity contribution in [2.75, 3.05) is 25.1 Å². The number of para-hydroxylation sites is 2. The third-order valence-corrected chi connectivity index (χ3v) is 4.90. The highest BCUT2D eigenvalue weighted by atomic mass is 16.5. The van der Waals surface area contributed by atoms with Crippen LogP contribution in [0.15, 0.2) is 48.8 Å². The molecule has 0 saturated carbocycles. The molecule has 3 aromatic rings. The largest absolute Gasteiger partial charge is 0.495 e. The minimum Gasteiger partial charge on any atom is -0.495 e. The van der Waals surface area contributed by atoms with Gasteiger partial charge in [-0.2, -0.15) is 5.26 Å². The van der Waals surface area contributed by atoms with Crippen LogP contribution in [-0.4, -0.2) is 35.6 Å². The Morgan fingerprint density at radius 1 is 1.31 bits per heavy atom. The molecule has 2 aromatic heterocycles. The highest BCUT2D eigenvalue weighted by molar-refractivity contribution is 5.59. The normalized spacial score (nSPS) is 16.8. The quantitative estimate of drug-likeness (QED) is 0.768. The Hall–Kier alpha value is -3.04. The van der Waals surface area contributed by atoms with Crippen LogP contribution >= 0.6 is 0 Å². The molecular weight excluding hydrogens is 326 g/mol. The molecule has 1 aliphatic rings. The Morgan fingerprint density at radius 2 is 2.19 bits per heavy atom. The van der Waals surface area contributed by atoms with Gasteiger partial charge in [0.1, 0.15) is 17.5 Å². The van der Waals surface area contributed by atoms with Crippen molar-refractivity contribution < 1.29 is 4.74 Å². The second kappa shape index (κ2) is 7.06. The topological polar surface area (TPSA) is 65.6 Å². The van der Waals surface area contributed by atoms with Crippen LogP contribution in [0.2, 0.25) is 0 Å². The third kappa shape index (κ3) is 3.09. The summed E-state index contributed by atoms with van der Waals surface area (Å²) >= 11 is 0. The summed E-state index contributed by atoms with van der Waals surface area (Å²) in [5.74, 6) is 0.916. The molecule has 1 fully saturated rings. The Morgan fingerprint density at radius 3 is 3.04 bits per heavy atom. The van der Waals surface area contributed by atoms with Gasteiger partial charge in [-0.25, -0.2) is 4.98 Å². The molecule has 26 heavy (non-hydrogen) atoms. The number of anilines is 1. The zero-order valence-electron chi connectivity index (χ0n) is 14.7. The summed E-state index contributed by atoms with van der Waals surface area (Å²) in [5, 5.41) is 12.7. The van der Waals surface area contributed by atoms with Crippen LogP contribution in [0.1, 0.15) is 17.7 Å². The number of hydrogen-bond donors (Lipinski definition) is 1. The van der Waals surface area contributed by atoms with Gasteiger partial charge in [-0.1, -0.05) is 12.1 Å². The number of ether oxygens (including phenoxy) is 1. The molecule has 1 N–H and O–H groups in total. The molecule has 1 aliphatic heterocycles. The molecule has 4 rings (SSSR count). The molecule has 6 heteroatoms. The fourth-order valence-electron chi connectivity index (χ4n) is 3.51. The van der Waals surface area contributed by atoms with E-state index < -0.39 is 0 Å². The third-order valence-electron chi connectivity index (χ3n) is 4.90. The van der Waals surface area contributed by atoms with E-state index in [9.17, 15) is 0 Å². The molecule has 1 atom stereocenters. The second-order valence-electron chi connectivity index (χ2n) is 6.49. The van der Waals surface area contributed by atoms with Gasteiger partial charge in [0.2, 0.25) is 0 Å². The van der Waals surface area contributed by atoms with Crippen molar-refractivity contribution in [3.05, 3.63) is 60.0 Å². The van der Waals surface area contributed by atoms with Gasteiger partial charge in [-0.05, 0) is 30.7 Å². The van der Waals surface area contributed by atoms with Gasteiger partial charge in [-0.15, -0.1) is 0 Å². The number of hydrogen-bond acceptors (Lipinski definition) is 5. The Labute approximate surface area is 152 Å². The Kier molecular flexibility index (Phi) is 4.46. The van der Waals surface area contributed by atoms with Crippen LogP contribution < -0.4 is 15.0 Å². The number of fused-ring (bicyclic) bond motifs is 1. The first kappa shape index (κ1) is 16.4. The molecule has 0 spiro atoms. The number of benzene rings is 1. The average Bonchev–Trinajstić information content (AvgIpc) is 3.32. The van der Waals surface area contributed by atoms with E-state index >= 15 is 0 Å². The lowest BCUT2D eigenvalue weighted by atomic mass is 10.2. The van der Waals surface area contributed by atoms with Crippen LogP contribution in [-0.2, 0) is 6.54 Å². The van der Waals surface area contributed by atoms with Crippen molar-refractivity contribution in [3.8, 4) is 11.8 Å². The molecule has 1 saturated heterocycles. The number of aromatic nitrogens is 2. The number of pyridine rings is 1. The minimum absolute atomic E-state index is 0.407. The van der Waals surface area contributed by atoms with E-state index in [-0.39, 0.29) is 0 Å². The molecule has 132 valence electrons. The number of nitriles is 1. The van der Waals surface area contributed by atoms with Crippen LogP contribution in [0.25, 0.3) is 5.65 Å². The number of rotatable bonds is 5. The molecule has 0 bridgehead atoms. The van der Waals surface area contributed by atoms with Crippen molar-refractivity contribution >= 4 is 11.3 Å². The fraction of sp³-hybridized carbons (Fsp3) is 0.300. The van der Waals surface area contributed by atoms with Gasteiger partial charge in [0.05, 0.1) is 30.3 Å². The second-order valence-corrected chi connectivity index (χ2v) is 6.49. The van der Waals surface area contributed by atoms with E-state index in [1.54, 1.807) is 13.2 Å². The molecular formula is C20H21N5O. The summed E-state index contributed by atoms with van der Waals surface area (Å²) in [6, 6.07) is 14.4. The molecule has 0 radical (unpaired) electrons. The molecule has 3 heterocycles. The zero-order chi connectivity index (χ0) is 17.9. The lowest BCUT2D eigenvalue weighted by Crippen LogP contribution is -2.32. The summed E-state index contributed by atoms with van der Waals surface area (Å²) in [7, 11) is 1.71. The predicted molar refractivity (Wildman–Crippen MR) is 100 cm³/mol. The van der Waals surface area contributed by atoms with Crippen LogP contribution in [0.5, 0.6) is 5.75 Å². The van der Waals surface area contributed by atoms with Crippen molar-refractivity contribution in [2.45, 2.75) is 19.0 Å². The van der Waals surface area contributed by atoms with Gasteiger partial charge in [0, 0.05) is 31.9 Å². The first-order valence-corrected chi connectivity index (χ1v) is 8.76. The van der Waals surface area contributed by atoms with Gasteiger partial charge in [0.25, 0.3) is 0 Å². The van der Waals surface area contributed by atoms with Crippen molar-refractivity contribution in [1.29, 1.82) is 5.26 Å². The van der Waals surface area contributed by atoms with E-state index in [0.717, 1.165) is 48.8 Å². The molecule has 1 aromatic carbocycles. The van der Waals surface area contributed by atoms with E-state index in [2.05, 4.69) is 27.3 Å². The maximum atomic E-state index is 9.09. The molecule has 0 amide bonds. The van der Waals surface area contributed by atoms with Gasteiger partial charge in [-0.3, -0.25) is 0 Å². The maximum absolute atomic E-state index is 9.09. The summed E-state index contributed by atoms with van der Waals surface area (Å²) in [6.07, 6.45) is 4.80. The van der Waals surface area contributed by atoms with Crippen molar-refractivity contribution in [3.63, 3.8) is 0 Å². The lowest BCUT2D eigenvalue weighted by Gasteiger charge is -2.21. The number of nitrogens with zero attached hydrogens (tertiary/aromatic N) is 4. The molecule has 0 aliphatic carbocycles. The van der Waals surface area contributed by atoms with E-state index in [1.807, 2.05) is 41.1 Å². The monoisotopic (exact) mass is 347 g/mol. The number of nitrogens with one attached hydrogen (secondary N) is 1.